The first-order valence-electron chi connectivity index (χ1n) is 12.0. The van der Waals surface area contributed by atoms with E-state index in [2.05, 4.69) is 16.4 Å². The number of nitrogens with zero attached hydrogens (tertiary/aromatic N) is 5. The molecule has 3 heterocycles. The van der Waals surface area contributed by atoms with Crippen LogP contribution in [0.25, 0.3) is 33.4 Å². The molecule has 4 aromatic rings. The first-order valence-corrected chi connectivity index (χ1v) is 12.0. The van der Waals surface area contributed by atoms with E-state index in [0.29, 0.717) is 51.1 Å². The van der Waals surface area contributed by atoms with Crippen molar-refractivity contribution in [2.24, 2.45) is 0 Å². The van der Waals surface area contributed by atoms with Gasteiger partial charge in [0.05, 0.1) is 40.0 Å². The van der Waals surface area contributed by atoms with Crippen LogP contribution in [0.15, 0.2) is 60.8 Å². The number of fused-ring (bicyclic) bond motifs is 1. The molecule has 8 heteroatoms. The van der Waals surface area contributed by atoms with Crippen LogP contribution in [-0.4, -0.2) is 47.0 Å². The second-order valence-corrected chi connectivity index (χ2v) is 9.12. The molecule has 0 spiro atoms. The van der Waals surface area contributed by atoms with Crippen molar-refractivity contribution in [2.75, 3.05) is 20.1 Å². The van der Waals surface area contributed by atoms with Gasteiger partial charge in [0.1, 0.15) is 11.3 Å². The zero-order valence-corrected chi connectivity index (χ0v) is 20.2. The summed E-state index contributed by atoms with van der Waals surface area (Å²) in [5.41, 5.74) is 3.96. The summed E-state index contributed by atoms with van der Waals surface area (Å²) in [5, 5.41) is 22.1. The minimum Gasteiger partial charge on any atom is -0.340 e. The average molecular weight is 491 g/mol. The van der Waals surface area contributed by atoms with Crippen molar-refractivity contribution in [3.8, 4) is 34.5 Å². The number of halogens is 1. The normalized spacial score (nSPS) is 14.8. The third kappa shape index (κ3) is 4.88. The molecule has 0 radical (unpaired) electrons. The molecule has 5 rings (SSSR count). The molecular weight excluding hydrogens is 467 g/mol. The average Bonchev–Trinajstić information content (AvgIpc) is 3.44. The highest BCUT2D eigenvalue weighted by Crippen LogP contribution is 2.32. The Morgan fingerprint density at radius 2 is 1.92 bits per heavy atom. The number of nitrogens with one attached hydrogen (secondary N) is 1. The van der Waals surface area contributed by atoms with E-state index in [0.717, 1.165) is 25.5 Å². The lowest BCUT2D eigenvalue weighted by atomic mass is 9.97. The predicted molar refractivity (Wildman–Crippen MR) is 138 cm³/mol. The SMILES string of the molecule is CN(C[C@@H]1CCCN1)C(=O)c1c(-c2cccc(C#N)c2)cnc2ccc(-c3cc(F)cc(C#N)c3)nc12. The summed E-state index contributed by atoms with van der Waals surface area (Å²) in [7, 11) is 1.76. The topological polar surface area (TPSA) is 106 Å². The Labute approximate surface area is 213 Å². The molecule has 1 N–H and O–H groups in total. The molecule has 0 saturated carbocycles. The highest BCUT2D eigenvalue weighted by molar-refractivity contribution is 6.10. The van der Waals surface area contributed by atoms with Crippen LogP contribution in [-0.2, 0) is 0 Å². The Morgan fingerprint density at radius 1 is 1.11 bits per heavy atom. The molecule has 2 aromatic heterocycles. The van der Waals surface area contributed by atoms with Crippen LogP contribution in [0.5, 0.6) is 0 Å². The maximum Gasteiger partial charge on any atom is 0.256 e. The zero-order chi connectivity index (χ0) is 25.9. The molecule has 1 atom stereocenters. The smallest absolute Gasteiger partial charge is 0.256 e. The lowest BCUT2D eigenvalue weighted by Crippen LogP contribution is -2.39. The number of carbonyl (C=O) groups excluding carboxylic acids is 1. The van der Waals surface area contributed by atoms with Crippen LogP contribution < -0.4 is 5.32 Å². The van der Waals surface area contributed by atoms with E-state index in [1.54, 1.807) is 54.5 Å². The molecular formula is C29H23FN6O. The van der Waals surface area contributed by atoms with Gasteiger partial charge in [-0.25, -0.2) is 9.37 Å². The van der Waals surface area contributed by atoms with Crippen molar-refractivity contribution >= 4 is 16.9 Å². The number of benzene rings is 2. The molecule has 7 nitrogen and oxygen atoms in total. The molecule has 2 aromatic carbocycles. The molecule has 0 bridgehead atoms. The van der Waals surface area contributed by atoms with E-state index in [1.165, 1.54) is 6.07 Å². The first-order chi connectivity index (χ1) is 18.0. The van der Waals surface area contributed by atoms with E-state index in [4.69, 9.17) is 4.98 Å². The van der Waals surface area contributed by atoms with Crippen LogP contribution in [0.3, 0.4) is 0 Å². The van der Waals surface area contributed by atoms with E-state index in [9.17, 15) is 19.7 Å². The molecule has 0 unspecified atom stereocenters. The zero-order valence-electron chi connectivity index (χ0n) is 20.2. The maximum atomic E-state index is 14.2. The third-order valence-electron chi connectivity index (χ3n) is 6.56. The number of hydrogen-bond donors (Lipinski definition) is 1. The van der Waals surface area contributed by atoms with E-state index in [-0.39, 0.29) is 17.5 Å². The molecule has 1 amide bonds. The van der Waals surface area contributed by atoms with Crippen LogP contribution in [0, 0.1) is 28.5 Å². The van der Waals surface area contributed by atoms with Gasteiger partial charge in [0.15, 0.2) is 0 Å². The van der Waals surface area contributed by atoms with E-state index >= 15 is 0 Å². The van der Waals surface area contributed by atoms with Crippen molar-refractivity contribution in [1.29, 1.82) is 10.5 Å². The van der Waals surface area contributed by atoms with Gasteiger partial charge in [0, 0.05) is 37.0 Å². The molecule has 1 aliphatic heterocycles. The summed E-state index contributed by atoms with van der Waals surface area (Å²) in [6.45, 7) is 1.47. The highest BCUT2D eigenvalue weighted by Gasteiger charge is 2.25. The van der Waals surface area contributed by atoms with Gasteiger partial charge in [0.25, 0.3) is 5.91 Å². The summed E-state index contributed by atoms with van der Waals surface area (Å²) in [4.78, 5) is 24.9. The van der Waals surface area contributed by atoms with E-state index in [1.807, 2.05) is 12.1 Å². The van der Waals surface area contributed by atoms with Crippen molar-refractivity contribution in [1.82, 2.24) is 20.2 Å². The molecule has 1 aliphatic rings. The molecule has 1 fully saturated rings. The fourth-order valence-corrected chi connectivity index (χ4v) is 4.74. The van der Waals surface area contributed by atoms with Gasteiger partial charge in [-0.15, -0.1) is 0 Å². The predicted octanol–water partition coefficient (Wildman–Crippen LogP) is 4.67. The maximum absolute atomic E-state index is 14.2. The summed E-state index contributed by atoms with van der Waals surface area (Å²) >= 11 is 0. The summed E-state index contributed by atoms with van der Waals surface area (Å²) in [5.74, 6) is -0.767. The number of rotatable bonds is 5. The first kappa shape index (κ1) is 24.1. The molecule has 37 heavy (non-hydrogen) atoms. The Hall–Kier alpha value is -4.66. The summed E-state index contributed by atoms with van der Waals surface area (Å²) in [6, 6.07) is 18.8. The number of aromatic nitrogens is 2. The van der Waals surface area contributed by atoms with Gasteiger partial charge in [-0.05, 0) is 67.4 Å². The van der Waals surface area contributed by atoms with Gasteiger partial charge in [0.2, 0.25) is 0 Å². The number of carbonyl (C=O) groups is 1. The van der Waals surface area contributed by atoms with Gasteiger partial charge in [-0.3, -0.25) is 9.78 Å². The second kappa shape index (κ2) is 10.1. The van der Waals surface area contributed by atoms with Crippen molar-refractivity contribution in [3.63, 3.8) is 0 Å². The monoisotopic (exact) mass is 490 g/mol. The van der Waals surface area contributed by atoms with Crippen molar-refractivity contribution in [2.45, 2.75) is 18.9 Å². The van der Waals surface area contributed by atoms with E-state index < -0.39 is 5.82 Å². The Balaban J connectivity index is 1.70. The standard InChI is InChI=1S/C29H23FN6O/c1-36(17-23-6-3-9-33-23)29(37)27-24(20-5-2-4-18(10-20)14-31)16-34-26-8-7-25(35-28(26)27)21-11-19(15-32)12-22(30)13-21/h2,4-5,7-8,10-13,16,23,33H,3,6,9,17H2,1H3/t23-/m0/s1. The Bertz CT molecular complexity index is 1600. The summed E-state index contributed by atoms with van der Waals surface area (Å²) < 4.78 is 14.2. The van der Waals surface area contributed by atoms with Crippen LogP contribution in [0.1, 0.15) is 34.3 Å². The number of hydrogen-bond acceptors (Lipinski definition) is 6. The summed E-state index contributed by atoms with van der Waals surface area (Å²) in [6.07, 6.45) is 3.69. The molecule has 0 aliphatic carbocycles. The van der Waals surface area contributed by atoms with Gasteiger partial charge in [-0.2, -0.15) is 10.5 Å². The largest absolute Gasteiger partial charge is 0.340 e. The lowest BCUT2D eigenvalue weighted by Gasteiger charge is -2.23. The third-order valence-corrected chi connectivity index (χ3v) is 6.56. The van der Waals surface area contributed by atoms with Gasteiger partial charge < -0.3 is 10.2 Å². The van der Waals surface area contributed by atoms with Crippen LogP contribution in [0.4, 0.5) is 4.39 Å². The van der Waals surface area contributed by atoms with Crippen LogP contribution in [0.2, 0.25) is 0 Å². The number of amides is 1. The minimum absolute atomic E-state index is 0.178. The molecule has 182 valence electrons. The lowest BCUT2D eigenvalue weighted by molar-refractivity contribution is 0.0786. The Kier molecular flexibility index (Phi) is 6.59. The quantitative estimate of drug-likeness (QED) is 0.436. The van der Waals surface area contributed by atoms with Crippen LogP contribution >= 0.6 is 0 Å². The highest BCUT2D eigenvalue weighted by atomic mass is 19.1. The van der Waals surface area contributed by atoms with Gasteiger partial charge in [-0.1, -0.05) is 12.1 Å². The number of likely N-dealkylation sites (N-methyl/N-ethyl adjacent to an activating group) is 1. The fourth-order valence-electron chi connectivity index (χ4n) is 4.74. The minimum atomic E-state index is -0.545. The fraction of sp³-hybridized carbons (Fsp3) is 0.207. The second-order valence-electron chi connectivity index (χ2n) is 9.12. The van der Waals surface area contributed by atoms with Crippen molar-refractivity contribution in [3.05, 3.63) is 83.3 Å². The Morgan fingerprint density at radius 3 is 2.68 bits per heavy atom. The number of pyridine rings is 2. The number of nitriles is 2. The van der Waals surface area contributed by atoms with Gasteiger partial charge >= 0.3 is 0 Å². The van der Waals surface area contributed by atoms with Crippen molar-refractivity contribution < 1.29 is 9.18 Å². The molecule has 1 saturated heterocycles.